The highest BCUT2D eigenvalue weighted by molar-refractivity contribution is 5.99. The molecule has 4 N–H and O–H groups in total. The normalized spacial score (nSPS) is 10.3. The monoisotopic (exact) mass is 263 g/mol. The zero-order valence-electron chi connectivity index (χ0n) is 11.5. The molecule has 0 saturated carbocycles. The third-order valence-corrected chi connectivity index (χ3v) is 2.86. The van der Waals surface area contributed by atoms with Crippen molar-refractivity contribution in [2.24, 2.45) is 5.73 Å². The van der Waals surface area contributed by atoms with Crippen molar-refractivity contribution in [1.82, 2.24) is 10.6 Å². The first-order chi connectivity index (χ1) is 9.10. The van der Waals surface area contributed by atoms with Crippen molar-refractivity contribution in [3.63, 3.8) is 0 Å². The summed E-state index contributed by atoms with van der Waals surface area (Å²) in [5.74, 6) is -0.178. The fraction of sp³-hybridized carbons (Fsp3) is 0.429. The molecule has 1 aromatic rings. The zero-order valence-corrected chi connectivity index (χ0v) is 11.5. The Morgan fingerprint density at radius 1 is 1.26 bits per heavy atom. The maximum atomic E-state index is 11.9. The third kappa shape index (κ3) is 4.46. The van der Waals surface area contributed by atoms with Crippen LogP contribution in [0.1, 0.15) is 39.6 Å². The van der Waals surface area contributed by atoms with Crippen LogP contribution in [0.15, 0.2) is 18.2 Å². The lowest BCUT2D eigenvalue weighted by Crippen LogP contribution is -2.26. The van der Waals surface area contributed by atoms with Gasteiger partial charge in [-0.1, -0.05) is 6.07 Å². The molecule has 0 radical (unpaired) electrons. The average Bonchev–Trinajstić information content (AvgIpc) is 2.42. The number of amides is 1. The van der Waals surface area contributed by atoms with E-state index in [2.05, 4.69) is 10.6 Å². The summed E-state index contributed by atoms with van der Waals surface area (Å²) in [7, 11) is 1.87. The van der Waals surface area contributed by atoms with Crippen LogP contribution in [0.25, 0.3) is 0 Å². The standard InChI is InChI=1S/C14H21N3O2/c1-10(18)13-5-4-11(8-12(13)9-15)14(19)17-7-3-6-16-2/h4-5,8,16H,3,6-7,9,15H2,1-2H3,(H,17,19). The predicted molar refractivity (Wildman–Crippen MR) is 75.2 cm³/mol. The second-order valence-electron chi connectivity index (χ2n) is 4.35. The fourth-order valence-electron chi connectivity index (χ4n) is 1.82. The Balaban J connectivity index is 2.73. The van der Waals surface area contributed by atoms with E-state index in [0.717, 1.165) is 13.0 Å². The second-order valence-corrected chi connectivity index (χ2v) is 4.35. The van der Waals surface area contributed by atoms with Gasteiger partial charge in [0.15, 0.2) is 5.78 Å². The lowest BCUT2D eigenvalue weighted by Gasteiger charge is -2.09. The molecule has 0 bridgehead atoms. The van der Waals surface area contributed by atoms with Gasteiger partial charge in [-0.05, 0) is 44.6 Å². The first kappa shape index (κ1) is 15.3. The van der Waals surface area contributed by atoms with Crippen molar-refractivity contribution in [2.45, 2.75) is 19.9 Å². The lowest BCUT2D eigenvalue weighted by molar-refractivity contribution is 0.0951. The molecule has 0 spiro atoms. The van der Waals surface area contributed by atoms with Crippen molar-refractivity contribution in [3.8, 4) is 0 Å². The predicted octanol–water partition coefficient (Wildman–Crippen LogP) is 0.687. The lowest BCUT2D eigenvalue weighted by atomic mass is 10.0. The summed E-state index contributed by atoms with van der Waals surface area (Å²) < 4.78 is 0. The van der Waals surface area contributed by atoms with Gasteiger partial charge in [0.1, 0.15) is 0 Å². The molecule has 0 fully saturated rings. The Hall–Kier alpha value is -1.72. The van der Waals surface area contributed by atoms with Crippen molar-refractivity contribution in [3.05, 3.63) is 34.9 Å². The summed E-state index contributed by atoms with van der Waals surface area (Å²) in [6, 6.07) is 5.00. The number of carbonyl (C=O) groups is 2. The molecule has 1 aromatic carbocycles. The van der Waals surface area contributed by atoms with Gasteiger partial charge in [0.2, 0.25) is 0 Å². The van der Waals surface area contributed by atoms with Gasteiger partial charge in [0.05, 0.1) is 0 Å². The summed E-state index contributed by atoms with van der Waals surface area (Å²) in [5.41, 5.74) is 7.42. The number of Topliss-reactive ketones (excluding diaryl/α,β-unsaturated/α-hetero) is 1. The minimum absolute atomic E-state index is 0.0403. The van der Waals surface area contributed by atoms with E-state index >= 15 is 0 Å². The van der Waals surface area contributed by atoms with Crippen LogP contribution in [0.3, 0.4) is 0 Å². The van der Waals surface area contributed by atoms with Gasteiger partial charge in [-0.25, -0.2) is 0 Å². The van der Waals surface area contributed by atoms with Crippen molar-refractivity contribution < 1.29 is 9.59 Å². The quantitative estimate of drug-likeness (QED) is 0.499. The Bertz CT molecular complexity index is 458. The van der Waals surface area contributed by atoms with Crippen LogP contribution in [0, 0.1) is 0 Å². The molecule has 0 aromatic heterocycles. The second kappa shape index (κ2) is 7.66. The molecular formula is C14H21N3O2. The summed E-state index contributed by atoms with van der Waals surface area (Å²) in [5, 5.41) is 5.84. The van der Waals surface area contributed by atoms with E-state index in [-0.39, 0.29) is 18.2 Å². The molecule has 1 rings (SSSR count). The van der Waals surface area contributed by atoms with Crippen molar-refractivity contribution in [1.29, 1.82) is 0 Å². The molecule has 0 heterocycles. The Kier molecular flexibility index (Phi) is 6.18. The van der Waals surface area contributed by atoms with Crippen LogP contribution in [-0.2, 0) is 6.54 Å². The van der Waals surface area contributed by atoms with Gasteiger partial charge in [0.25, 0.3) is 5.91 Å². The van der Waals surface area contributed by atoms with E-state index < -0.39 is 0 Å². The number of ketones is 1. The summed E-state index contributed by atoms with van der Waals surface area (Å²) in [6.07, 6.45) is 0.873. The van der Waals surface area contributed by atoms with Gasteiger partial charge >= 0.3 is 0 Å². The highest BCUT2D eigenvalue weighted by atomic mass is 16.1. The number of nitrogens with two attached hydrogens (primary N) is 1. The minimum atomic E-state index is -0.138. The molecule has 1 amide bonds. The molecule has 0 unspecified atom stereocenters. The molecule has 5 nitrogen and oxygen atoms in total. The van der Waals surface area contributed by atoms with E-state index in [1.807, 2.05) is 7.05 Å². The van der Waals surface area contributed by atoms with Crippen LogP contribution in [0.5, 0.6) is 0 Å². The van der Waals surface area contributed by atoms with Crippen LogP contribution in [0.2, 0.25) is 0 Å². The van der Waals surface area contributed by atoms with Crippen LogP contribution >= 0.6 is 0 Å². The van der Waals surface area contributed by atoms with E-state index in [0.29, 0.717) is 23.2 Å². The molecule has 0 atom stereocenters. The first-order valence-corrected chi connectivity index (χ1v) is 6.37. The Morgan fingerprint density at radius 3 is 2.58 bits per heavy atom. The Labute approximate surface area is 113 Å². The number of nitrogens with one attached hydrogen (secondary N) is 2. The molecule has 0 aliphatic heterocycles. The average molecular weight is 263 g/mol. The SMILES string of the molecule is CNCCCNC(=O)c1ccc(C(C)=O)c(CN)c1. The van der Waals surface area contributed by atoms with E-state index in [1.54, 1.807) is 18.2 Å². The minimum Gasteiger partial charge on any atom is -0.352 e. The summed E-state index contributed by atoms with van der Waals surface area (Å²) in [6.45, 7) is 3.21. The van der Waals surface area contributed by atoms with E-state index in [9.17, 15) is 9.59 Å². The number of hydrogen-bond donors (Lipinski definition) is 3. The smallest absolute Gasteiger partial charge is 0.251 e. The number of rotatable bonds is 7. The highest BCUT2D eigenvalue weighted by Gasteiger charge is 2.10. The highest BCUT2D eigenvalue weighted by Crippen LogP contribution is 2.12. The van der Waals surface area contributed by atoms with Gasteiger partial charge in [-0.3, -0.25) is 9.59 Å². The molecule has 0 saturated heterocycles. The molecule has 0 aliphatic rings. The molecule has 104 valence electrons. The number of benzene rings is 1. The third-order valence-electron chi connectivity index (χ3n) is 2.86. The largest absolute Gasteiger partial charge is 0.352 e. The van der Waals surface area contributed by atoms with Crippen molar-refractivity contribution >= 4 is 11.7 Å². The summed E-state index contributed by atoms with van der Waals surface area (Å²) in [4.78, 5) is 23.3. The maximum Gasteiger partial charge on any atom is 0.251 e. The Morgan fingerprint density at radius 2 is 2.00 bits per heavy atom. The van der Waals surface area contributed by atoms with Gasteiger partial charge < -0.3 is 16.4 Å². The fourth-order valence-corrected chi connectivity index (χ4v) is 1.82. The van der Waals surface area contributed by atoms with E-state index in [4.69, 9.17) is 5.73 Å². The topological polar surface area (TPSA) is 84.2 Å². The first-order valence-electron chi connectivity index (χ1n) is 6.37. The van der Waals surface area contributed by atoms with Crippen LogP contribution in [-0.4, -0.2) is 31.8 Å². The van der Waals surface area contributed by atoms with E-state index in [1.165, 1.54) is 6.92 Å². The molecule has 0 aliphatic carbocycles. The molecule has 19 heavy (non-hydrogen) atoms. The van der Waals surface area contributed by atoms with Crippen LogP contribution in [0.4, 0.5) is 0 Å². The van der Waals surface area contributed by atoms with Gasteiger partial charge in [-0.15, -0.1) is 0 Å². The number of hydrogen-bond acceptors (Lipinski definition) is 4. The zero-order chi connectivity index (χ0) is 14.3. The van der Waals surface area contributed by atoms with Crippen LogP contribution < -0.4 is 16.4 Å². The van der Waals surface area contributed by atoms with Gasteiger partial charge in [0, 0.05) is 24.2 Å². The molecular weight excluding hydrogens is 242 g/mol. The van der Waals surface area contributed by atoms with Crippen molar-refractivity contribution in [2.75, 3.05) is 20.1 Å². The summed E-state index contributed by atoms with van der Waals surface area (Å²) >= 11 is 0. The maximum absolute atomic E-state index is 11.9. The molecule has 5 heteroatoms. The number of carbonyl (C=O) groups excluding carboxylic acids is 2. The van der Waals surface area contributed by atoms with Gasteiger partial charge in [-0.2, -0.15) is 0 Å².